The molecule has 2 aromatic rings. The number of methoxy groups -OCH3 is 2. The van der Waals surface area contributed by atoms with Crippen LogP contribution in [-0.2, 0) is 14.9 Å². The largest absolute Gasteiger partial charge is 0.493 e. The molecule has 0 saturated carbocycles. The standard InChI is InChI=1S/C25H29NO5.C2H6/c1-26-14-13-25(18-9-10-21(28-2)22(15-18)29-3)12-11-20(16-23(25)26)31-24(27)17-30-19-7-5-4-6-8-19;1-2/h4-11,15,23H,12-14,16-17H2,1-3H3;1-2H3. The third-order valence-corrected chi connectivity index (χ3v) is 6.47. The zero-order chi connectivity index (χ0) is 23.8. The molecule has 0 N–H and O–H groups in total. The number of hydrogen-bond acceptors (Lipinski definition) is 6. The van der Waals surface area contributed by atoms with Crippen molar-refractivity contribution >= 4 is 5.97 Å². The molecule has 6 nitrogen and oxygen atoms in total. The van der Waals surface area contributed by atoms with E-state index in [9.17, 15) is 4.79 Å². The van der Waals surface area contributed by atoms with E-state index in [0.29, 0.717) is 12.2 Å². The molecular weight excluding hydrogens is 418 g/mol. The maximum atomic E-state index is 12.3. The molecule has 178 valence electrons. The maximum absolute atomic E-state index is 12.3. The van der Waals surface area contributed by atoms with Gasteiger partial charge in [0.1, 0.15) is 11.5 Å². The van der Waals surface area contributed by atoms with Crippen molar-refractivity contribution in [1.82, 2.24) is 4.90 Å². The number of ether oxygens (including phenoxy) is 4. The summed E-state index contributed by atoms with van der Waals surface area (Å²) in [6.07, 6.45) is 4.59. The van der Waals surface area contributed by atoms with Crippen LogP contribution in [0.25, 0.3) is 0 Å². The SMILES string of the molecule is CC.COc1ccc(C23CC=C(OC(=O)COc4ccccc4)CC2N(C)CC3)cc1OC. The lowest BCUT2D eigenvalue weighted by molar-refractivity contribution is -0.142. The molecule has 0 aromatic heterocycles. The van der Waals surface area contributed by atoms with Gasteiger partial charge in [0.2, 0.25) is 0 Å². The maximum Gasteiger partial charge on any atom is 0.349 e. The lowest BCUT2D eigenvalue weighted by atomic mass is 9.68. The molecule has 2 unspecified atom stereocenters. The lowest BCUT2D eigenvalue weighted by Gasteiger charge is -2.40. The Kier molecular flexibility index (Phi) is 8.39. The van der Waals surface area contributed by atoms with Crippen LogP contribution in [0.4, 0.5) is 0 Å². The number of fused-ring (bicyclic) bond motifs is 1. The predicted molar refractivity (Wildman–Crippen MR) is 129 cm³/mol. The zero-order valence-electron chi connectivity index (χ0n) is 20.3. The van der Waals surface area contributed by atoms with Gasteiger partial charge in [0.25, 0.3) is 0 Å². The van der Waals surface area contributed by atoms with Crippen LogP contribution < -0.4 is 14.2 Å². The molecule has 2 atom stereocenters. The first kappa shape index (κ1) is 24.6. The third kappa shape index (κ3) is 5.33. The normalized spacial score (nSPS) is 21.7. The van der Waals surface area contributed by atoms with E-state index in [1.165, 1.54) is 5.56 Å². The van der Waals surface area contributed by atoms with Crippen molar-refractivity contribution < 1.29 is 23.7 Å². The molecular formula is C27H35NO5. The lowest BCUT2D eigenvalue weighted by Crippen LogP contribution is -2.43. The van der Waals surface area contributed by atoms with Crippen LogP contribution in [0, 0.1) is 0 Å². The van der Waals surface area contributed by atoms with Gasteiger partial charge in [-0.25, -0.2) is 4.79 Å². The first-order chi connectivity index (χ1) is 16.1. The van der Waals surface area contributed by atoms with Crippen molar-refractivity contribution in [2.75, 3.05) is 34.4 Å². The number of benzene rings is 2. The van der Waals surface area contributed by atoms with Gasteiger partial charge in [0, 0.05) is 17.9 Å². The molecule has 0 radical (unpaired) electrons. The topological polar surface area (TPSA) is 57.2 Å². The van der Waals surface area contributed by atoms with Crippen LogP contribution in [0.3, 0.4) is 0 Å². The molecule has 4 rings (SSSR count). The number of likely N-dealkylation sites (tertiary alicyclic amines) is 1. The molecule has 33 heavy (non-hydrogen) atoms. The number of carbonyl (C=O) groups is 1. The van der Waals surface area contributed by atoms with Crippen molar-refractivity contribution in [1.29, 1.82) is 0 Å². The highest BCUT2D eigenvalue weighted by Crippen LogP contribution is 2.49. The fraction of sp³-hybridized carbons (Fsp3) is 0.444. The molecule has 0 amide bonds. The summed E-state index contributed by atoms with van der Waals surface area (Å²) >= 11 is 0. The van der Waals surface area contributed by atoms with Gasteiger partial charge in [0.05, 0.1) is 14.2 Å². The quantitative estimate of drug-likeness (QED) is 0.552. The summed E-state index contributed by atoms with van der Waals surface area (Å²) in [6, 6.07) is 15.7. The summed E-state index contributed by atoms with van der Waals surface area (Å²) < 4.78 is 22.1. The van der Waals surface area contributed by atoms with Gasteiger partial charge < -0.3 is 23.8 Å². The smallest absolute Gasteiger partial charge is 0.349 e. The Morgan fingerprint density at radius 3 is 2.48 bits per heavy atom. The van der Waals surface area contributed by atoms with Gasteiger partial charge in [-0.15, -0.1) is 0 Å². The minimum atomic E-state index is -0.380. The predicted octanol–water partition coefficient (Wildman–Crippen LogP) is 4.97. The minimum absolute atomic E-state index is 0.0370. The second kappa shape index (κ2) is 11.2. The number of nitrogens with zero attached hydrogens (tertiary/aromatic N) is 1. The van der Waals surface area contributed by atoms with E-state index in [0.717, 1.165) is 36.6 Å². The van der Waals surface area contributed by atoms with Gasteiger partial charge in [-0.2, -0.15) is 0 Å². The van der Waals surface area contributed by atoms with Gasteiger partial charge in [-0.1, -0.05) is 38.1 Å². The Balaban J connectivity index is 0.00000149. The number of allylic oxidation sites excluding steroid dienone is 1. The molecule has 0 bridgehead atoms. The monoisotopic (exact) mass is 453 g/mol. The first-order valence-electron chi connectivity index (χ1n) is 11.6. The van der Waals surface area contributed by atoms with Gasteiger partial charge in [0.15, 0.2) is 18.1 Å². The molecule has 1 aliphatic heterocycles. The molecule has 6 heteroatoms. The van der Waals surface area contributed by atoms with Crippen LogP contribution in [0.1, 0.15) is 38.7 Å². The number of para-hydroxylation sites is 1. The molecule has 1 aliphatic carbocycles. The van der Waals surface area contributed by atoms with E-state index >= 15 is 0 Å². The summed E-state index contributed by atoms with van der Waals surface area (Å²) in [7, 11) is 5.44. The molecule has 0 spiro atoms. The van der Waals surface area contributed by atoms with E-state index in [2.05, 4.69) is 30.2 Å². The van der Waals surface area contributed by atoms with E-state index in [1.807, 2.05) is 50.2 Å². The zero-order valence-corrected chi connectivity index (χ0v) is 20.3. The Morgan fingerprint density at radius 2 is 1.79 bits per heavy atom. The van der Waals surface area contributed by atoms with Crippen LogP contribution in [0.15, 0.2) is 60.4 Å². The summed E-state index contributed by atoms with van der Waals surface area (Å²) in [6.45, 7) is 4.88. The van der Waals surface area contributed by atoms with Crippen LogP contribution in [0.5, 0.6) is 17.2 Å². The van der Waals surface area contributed by atoms with E-state index in [1.54, 1.807) is 14.2 Å². The van der Waals surface area contributed by atoms with Crippen LogP contribution in [-0.4, -0.2) is 51.3 Å². The highest BCUT2D eigenvalue weighted by molar-refractivity contribution is 5.72. The summed E-state index contributed by atoms with van der Waals surface area (Å²) in [5, 5.41) is 0. The molecule has 1 saturated heterocycles. The van der Waals surface area contributed by atoms with E-state index in [-0.39, 0.29) is 24.0 Å². The fourth-order valence-corrected chi connectivity index (χ4v) is 4.80. The fourth-order valence-electron chi connectivity index (χ4n) is 4.80. The molecule has 2 aliphatic rings. The summed E-state index contributed by atoms with van der Waals surface area (Å²) in [5.74, 6) is 2.46. The van der Waals surface area contributed by atoms with Gasteiger partial charge >= 0.3 is 5.97 Å². The van der Waals surface area contributed by atoms with Crippen LogP contribution in [0.2, 0.25) is 0 Å². The van der Waals surface area contributed by atoms with Crippen molar-refractivity contribution in [3.63, 3.8) is 0 Å². The average molecular weight is 454 g/mol. The Bertz CT molecular complexity index is 958. The van der Waals surface area contributed by atoms with Crippen molar-refractivity contribution in [3.05, 3.63) is 65.9 Å². The Morgan fingerprint density at radius 1 is 1.06 bits per heavy atom. The second-order valence-corrected chi connectivity index (χ2v) is 8.13. The highest BCUT2D eigenvalue weighted by atomic mass is 16.6. The number of rotatable bonds is 7. The first-order valence-corrected chi connectivity index (χ1v) is 11.6. The van der Waals surface area contributed by atoms with Crippen molar-refractivity contribution in [3.8, 4) is 17.2 Å². The number of hydrogen-bond donors (Lipinski definition) is 0. The average Bonchev–Trinajstić information content (AvgIpc) is 3.21. The Hall–Kier alpha value is -2.99. The van der Waals surface area contributed by atoms with Crippen molar-refractivity contribution in [2.24, 2.45) is 0 Å². The minimum Gasteiger partial charge on any atom is -0.493 e. The summed E-state index contributed by atoms with van der Waals surface area (Å²) in [5.41, 5.74) is 1.19. The van der Waals surface area contributed by atoms with E-state index in [4.69, 9.17) is 18.9 Å². The Labute approximate surface area is 197 Å². The van der Waals surface area contributed by atoms with Gasteiger partial charge in [-0.3, -0.25) is 0 Å². The molecule has 2 aromatic carbocycles. The summed E-state index contributed by atoms with van der Waals surface area (Å²) in [4.78, 5) is 14.7. The van der Waals surface area contributed by atoms with Crippen molar-refractivity contribution in [2.45, 2.75) is 44.6 Å². The van der Waals surface area contributed by atoms with Gasteiger partial charge in [-0.05, 0) is 62.3 Å². The number of esters is 1. The molecule has 1 heterocycles. The third-order valence-electron chi connectivity index (χ3n) is 6.47. The number of likely N-dealkylation sites (N-methyl/N-ethyl adjacent to an activating group) is 1. The molecule has 1 fully saturated rings. The van der Waals surface area contributed by atoms with Crippen LogP contribution >= 0.6 is 0 Å². The van der Waals surface area contributed by atoms with E-state index < -0.39 is 0 Å². The number of carbonyl (C=O) groups excluding carboxylic acids is 1. The highest BCUT2D eigenvalue weighted by Gasteiger charge is 2.49. The second-order valence-electron chi connectivity index (χ2n) is 8.13.